The molecular formula is C32H31F5O. The van der Waals surface area contributed by atoms with Crippen molar-refractivity contribution in [3.63, 3.8) is 0 Å². The Morgan fingerprint density at radius 1 is 0.658 bits per heavy atom. The maximum atomic E-state index is 15.2. The van der Waals surface area contributed by atoms with Gasteiger partial charge in [-0.2, -0.15) is 8.78 Å². The number of aryl methyl sites for hydroxylation is 4. The first kappa shape index (κ1) is 27.6. The number of hydrogen-bond acceptors (Lipinski definition) is 1. The van der Waals surface area contributed by atoms with Gasteiger partial charge in [-0.1, -0.05) is 62.2 Å². The molecule has 0 spiro atoms. The normalized spacial score (nSPS) is 11.4. The summed E-state index contributed by atoms with van der Waals surface area (Å²) in [5.41, 5.74) is 3.09. The van der Waals surface area contributed by atoms with Crippen LogP contribution in [0.4, 0.5) is 22.0 Å². The Bertz CT molecular complexity index is 1340. The van der Waals surface area contributed by atoms with Crippen molar-refractivity contribution in [2.75, 3.05) is 0 Å². The van der Waals surface area contributed by atoms with Gasteiger partial charge in [0.05, 0.1) is 0 Å². The minimum absolute atomic E-state index is 0.0830. The Kier molecular flexibility index (Phi) is 9.38. The van der Waals surface area contributed by atoms with Crippen LogP contribution in [0.3, 0.4) is 0 Å². The minimum atomic E-state index is -2.87. The number of unbranched alkanes of at least 4 members (excludes halogenated alkanes) is 2. The van der Waals surface area contributed by atoms with Gasteiger partial charge in [-0.15, -0.1) is 0 Å². The predicted octanol–water partition coefficient (Wildman–Crippen LogP) is 9.16. The Hall–Kier alpha value is -3.41. The molecule has 0 heterocycles. The van der Waals surface area contributed by atoms with Crippen molar-refractivity contribution < 1.29 is 26.7 Å². The SMILES string of the molecule is CCCCCc1cc(F)c(CCc2ccc3c(F)c(CCc4ccc(OC(F)F)cc4)ccc3c2)c(F)c1. The van der Waals surface area contributed by atoms with Gasteiger partial charge in [0.2, 0.25) is 0 Å². The van der Waals surface area contributed by atoms with Crippen LogP contribution < -0.4 is 4.74 Å². The molecule has 0 bridgehead atoms. The van der Waals surface area contributed by atoms with Crippen LogP contribution in [0.25, 0.3) is 10.8 Å². The van der Waals surface area contributed by atoms with Gasteiger partial charge in [0.25, 0.3) is 0 Å². The topological polar surface area (TPSA) is 9.23 Å². The Morgan fingerprint density at radius 3 is 2.03 bits per heavy atom. The maximum Gasteiger partial charge on any atom is 0.387 e. The second-order valence-corrected chi connectivity index (χ2v) is 9.61. The molecule has 0 saturated heterocycles. The fourth-order valence-corrected chi connectivity index (χ4v) is 4.74. The van der Waals surface area contributed by atoms with Gasteiger partial charge in [-0.25, -0.2) is 13.2 Å². The number of benzene rings is 4. The lowest BCUT2D eigenvalue weighted by molar-refractivity contribution is -0.0498. The summed E-state index contributed by atoms with van der Waals surface area (Å²) in [5, 5.41) is 1.21. The van der Waals surface area contributed by atoms with Gasteiger partial charge in [-0.05, 0) is 90.4 Å². The summed E-state index contributed by atoms with van der Waals surface area (Å²) in [4.78, 5) is 0. The molecule has 0 saturated carbocycles. The van der Waals surface area contributed by atoms with E-state index in [4.69, 9.17) is 0 Å². The summed E-state index contributed by atoms with van der Waals surface area (Å²) in [5.74, 6) is -1.24. The van der Waals surface area contributed by atoms with Gasteiger partial charge in [0.1, 0.15) is 23.2 Å². The quantitative estimate of drug-likeness (QED) is 0.132. The molecule has 0 amide bonds. The van der Waals surface area contributed by atoms with E-state index >= 15 is 4.39 Å². The average molecular weight is 527 g/mol. The van der Waals surface area contributed by atoms with E-state index in [1.165, 1.54) is 24.3 Å². The van der Waals surface area contributed by atoms with E-state index in [-0.39, 0.29) is 23.6 Å². The summed E-state index contributed by atoms with van der Waals surface area (Å²) in [7, 11) is 0. The summed E-state index contributed by atoms with van der Waals surface area (Å²) < 4.78 is 73.4. The van der Waals surface area contributed by atoms with Gasteiger partial charge in [0.15, 0.2) is 0 Å². The molecule has 4 aromatic rings. The average Bonchev–Trinajstić information content (AvgIpc) is 2.88. The fraction of sp³-hybridized carbons (Fsp3) is 0.312. The molecule has 0 aliphatic carbocycles. The Balaban J connectivity index is 1.40. The van der Waals surface area contributed by atoms with Crippen LogP contribution in [0, 0.1) is 17.5 Å². The van der Waals surface area contributed by atoms with Crippen molar-refractivity contribution in [2.45, 2.75) is 64.9 Å². The van der Waals surface area contributed by atoms with Crippen LogP contribution in [-0.4, -0.2) is 6.61 Å². The van der Waals surface area contributed by atoms with Gasteiger partial charge in [0, 0.05) is 10.9 Å². The lowest BCUT2D eigenvalue weighted by Crippen LogP contribution is -2.02. The monoisotopic (exact) mass is 526 g/mol. The Morgan fingerprint density at radius 2 is 1.34 bits per heavy atom. The summed E-state index contributed by atoms with van der Waals surface area (Å²) in [6.45, 7) is -0.784. The molecule has 0 radical (unpaired) electrons. The largest absolute Gasteiger partial charge is 0.435 e. The van der Waals surface area contributed by atoms with E-state index in [1.54, 1.807) is 30.3 Å². The molecule has 4 aromatic carbocycles. The smallest absolute Gasteiger partial charge is 0.387 e. The third-order valence-corrected chi connectivity index (χ3v) is 6.86. The highest BCUT2D eigenvalue weighted by Crippen LogP contribution is 2.26. The summed E-state index contributed by atoms with van der Waals surface area (Å²) in [6.07, 6.45) is 5.32. The van der Waals surface area contributed by atoms with Crippen LogP contribution in [-0.2, 0) is 32.1 Å². The fourth-order valence-electron chi connectivity index (χ4n) is 4.74. The van der Waals surface area contributed by atoms with E-state index in [0.717, 1.165) is 35.8 Å². The molecular weight excluding hydrogens is 495 g/mol. The molecule has 0 atom stereocenters. The van der Waals surface area contributed by atoms with Crippen molar-refractivity contribution in [1.82, 2.24) is 0 Å². The lowest BCUT2D eigenvalue weighted by atomic mass is 9.96. The number of alkyl halides is 2. The number of rotatable bonds is 12. The second kappa shape index (κ2) is 12.9. The zero-order valence-electron chi connectivity index (χ0n) is 21.4. The summed E-state index contributed by atoms with van der Waals surface area (Å²) in [6, 6.07) is 18.2. The number of ether oxygens (including phenoxy) is 1. The molecule has 0 aliphatic rings. The van der Waals surface area contributed by atoms with E-state index in [0.29, 0.717) is 42.2 Å². The third-order valence-electron chi connectivity index (χ3n) is 6.86. The number of fused-ring (bicyclic) bond motifs is 1. The third kappa shape index (κ3) is 7.12. The predicted molar refractivity (Wildman–Crippen MR) is 141 cm³/mol. The molecule has 6 heteroatoms. The molecule has 0 aromatic heterocycles. The first-order valence-electron chi connectivity index (χ1n) is 13.0. The standard InChI is InChI=1S/C32H31F5O/c1-2-3-4-5-23-19-29(33)28(30(34)20-23)17-10-22-9-16-27-25(18-22)13-12-24(31(27)35)11-6-21-7-14-26(15-8-21)38-32(36)37/h7-9,12-16,18-20,32H,2-6,10-11,17H2,1H3. The summed E-state index contributed by atoms with van der Waals surface area (Å²) >= 11 is 0. The van der Waals surface area contributed by atoms with Gasteiger partial charge >= 0.3 is 6.61 Å². The highest BCUT2D eigenvalue weighted by molar-refractivity contribution is 5.84. The van der Waals surface area contributed by atoms with Crippen molar-refractivity contribution in [1.29, 1.82) is 0 Å². The second-order valence-electron chi connectivity index (χ2n) is 9.61. The van der Waals surface area contributed by atoms with E-state index in [1.807, 2.05) is 12.1 Å². The lowest BCUT2D eigenvalue weighted by Gasteiger charge is -2.11. The molecule has 0 fully saturated rings. The first-order valence-corrected chi connectivity index (χ1v) is 13.0. The molecule has 38 heavy (non-hydrogen) atoms. The van der Waals surface area contributed by atoms with Crippen molar-refractivity contribution in [2.24, 2.45) is 0 Å². The zero-order chi connectivity index (χ0) is 27.1. The maximum absolute atomic E-state index is 15.2. The van der Waals surface area contributed by atoms with E-state index in [2.05, 4.69) is 11.7 Å². The molecule has 0 unspecified atom stereocenters. The highest BCUT2D eigenvalue weighted by Gasteiger charge is 2.13. The van der Waals surface area contributed by atoms with Crippen LogP contribution in [0.2, 0.25) is 0 Å². The van der Waals surface area contributed by atoms with Crippen molar-refractivity contribution in [3.05, 3.63) is 112 Å². The molecule has 1 nitrogen and oxygen atoms in total. The van der Waals surface area contributed by atoms with Gasteiger partial charge < -0.3 is 4.74 Å². The van der Waals surface area contributed by atoms with Crippen molar-refractivity contribution >= 4 is 10.8 Å². The van der Waals surface area contributed by atoms with Crippen LogP contribution in [0.5, 0.6) is 5.75 Å². The Labute approximate surface area is 220 Å². The van der Waals surface area contributed by atoms with Crippen LogP contribution in [0.1, 0.15) is 54.0 Å². The van der Waals surface area contributed by atoms with Crippen LogP contribution in [0.15, 0.2) is 66.7 Å². The first-order chi connectivity index (χ1) is 18.3. The molecule has 0 N–H and O–H groups in total. The zero-order valence-corrected chi connectivity index (χ0v) is 21.4. The van der Waals surface area contributed by atoms with Crippen LogP contribution >= 0.6 is 0 Å². The number of halogens is 5. The number of hydrogen-bond donors (Lipinski definition) is 0. The highest BCUT2D eigenvalue weighted by atomic mass is 19.3. The minimum Gasteiger partial charge on any atom is -0.435 e. The van der Waals surface area contributed by atoms with Crippen molar-refractivity contribution in [3.8, 4) is 5.75 Å². The molecule has 0 aliphatic heterocycles. The van der Waals surface area contributed by atoms with E-state index in [9.17, 15) is 17.6 Å². The van der Waals surface area contributed by atoms with E-state index < -0.39 is 18.2 Å². The molecule has 4 rings (SSSR count). The van der Waals surface area contributed by atoms with Gasteiger partial charge in [-0.3, -0.25) is 0 Å². The molecule has 200 valence electrons.